The normalized spacial score (nSPS) is 12.6. The van der Waals surface area contributed by atoms with Crippen LogP contribution >= 0.6 is 0 Å². The zero-order valence-electron chi connectivity index (χ0n) is 15.5. The van der Waals surface area contributed by atoms with Gasteiger partial charge >= 0.3 is 0 Å². The van der Waals surface area contributed by atoms with Crippen LogP contribution in [-0.4, -0.2) is 19.9 Å². The summed E-state index contributed by atoms with van der Waals surface area (Å²) in [6.45, 7) is 6.58. The van der Waals surface area contributed by atoms with Gasteiger partial charge in [0.2, 0.25) is 0 Å². The third kappa shape index (κ3) is 3.71. The van der Waals surface area contributed by atoms with E-state index in [0.717, 1.165) is 11.1 Å². The fourth-order valence-electron chi connectivity index (χ4n) is 3.01. The van der Waals surface area contributed by atoms with Crippen LogP contribution in [-0.2, 0) is 10.0 Å². The minimum absolute atomic E-state index is 0.0964. The molecular formula is C22H25NO2Si. The lowest BCUT2D eigenvalue weighted by atomic mass is 9.83. The Balaban J connectivity index is 2.29. The smallest absolute Gasteiger partial charge is 0.169 e. The maximum absolute atomic E-state index is 10.7. The van der Waals surface area contributed by atoms with Crippen molar-refractivity contribution in [2.45, 2.75) is 31.4 Å². The van der Waals surface area contributed by atoms with E-state index < -0.39 is 15.4 Å². The van der Waals surface area contributed by atoms with Gasteiger partial charge in [0.05, 0.1) is 0 Å². The van der Waals surface area contributed by atoms with Crippen molar-refractivity contribution < 1.29 is 9.53 Å². The molecule has 26 heavy (non-hydrogen) atoms. The van der Waals surface area contributed by atoms with Crippen LogP contribution in [0.3, 0.4) is 0 Å². The van der Waals surface area contributed by atoms with Crippen molar-refractivity contribution in [2.24, 2.45) is 0 Å². The molecule has 134 valence electrons. The predicted octanol–water partition coefficient (Wildman–Crippen LogP) is 4.40. The quantitative estimate of drug-likeness (QED) is 0.683. The molecule has 1 N–H and O–H groups in total. The number of hydrogen-bond donors (Lipinski definition) is 1. The van der Waals surface area contributed by atoms with Crippen molar-refractivity contribution in [1.82, 2.24) is 4.98 Å². The maximum atomic E-state index is 10.7. The largest absolute Gasteiger partial charge is 0.506 e. The molecule has 3 nitrogen and oxygen atoms in total. The predicted molar refractivity (Wildman–Crippen MR) is 108 cm³/mol. The standard InChI is InChI=1S/C22H25NO2Si/c1-21(2,3)26-25-22(17-11-6-4-7-12-17,18-13-8-5-9-14-18)20-19(24)15-10-16-23-20/h4-16,24H,26H2,1-3H3. The van der Waals surface area contributed by atoms with E-state index in [4.69, 9.17) is 4.43 Å². The van der Waals surface area contributed by atoms with Gasteiger partial charge in [0, 0.05) is 6.20 Å². The Labute approximate surface area is 157 Å². The first-order valence-electron chi connectivity index (χ1n) is 8.83. The molecule has 0 bridgehead atoms. The van der Waals surface area contributed by atoms with Gasteiger partial charge in [-0.15, -0.1) is 0 Å². The van der Waals surface area contributed by atoms with Gasteiger partial charge in [-0.2, -0.15) is 0 Å². The molecule has 0 amide bonds. The van der Waals surface area contributed by atoms with E-state index >= 15 is 0 Å². The van der Waals surface area contributed by atoms with Gasteiger partial charge in [0.15, 0.2) is 15.4 Å². The van der Waals surface area contributed by atoms with E-state index in [9.17, 15) is 5.11 Å². The maximum Gasteiger partial charge on any atom is 0.169 e. The van der Waals surface area contributed by atoms with E-state index in [0.29, 0.717) is 5.69 Å². The van der Waals surface area contributed by atoms with Crippen LogP contribution in [0.5, 0.6) is 5.75 Å². The molecular weight excluding hydrogens is 338 g/mol. The first-order chi connectivity index (χ1) is 12.4. The van der Waals surface area contributed by atoms with E-state index in [2.05, 4.69) is 25.8 Å². The highest BCUT2D eigenvalue weighted by atomic mass is 28.2. The number of aromatic nitrogens is 1. The number of benzene rings is 2. The third-order valence-electron chi connectivity index (χ3n) is 4.20. The Morgan fingerprint density at radius 1 is 0.808 bits per heavy atom. The highest BCUT2D eigenvalue weighted by molar-refractivity contribution is 6.32. The second kappa shape index (κ2) is 7.44. The lowest BCUT2D eigenvalue weighted by Gasteiger charge is -2.37. The van der Waals surface area contributed by atoms with Crippen molar-refractivity contribution in [3.63, 3.8) is 0 Å². The summed E-state index contributed by atoms with van der Waals surface area (Å²) in [7, 11) is -0.953. The summed E-state index contributed by atoms with van der Waals surface area (Å²) >= 11 is 0. The average molecular weight is 364 g/mol. The zero-order chi connectivity index (χ0) is 18.6. The van der Waals surface area contributed by atoms with Crippen LogP contribution in [0, 0.1) is 0 Å². The average Bonchev–Trinajstić information content (AvgIpc) is 2.64. The Morgan fingerprint density at radius 2 is 1.35 bits per heavy atom. The van der Waals surface area contributed by atoms with E-state index in [1.165, 1.54) is 0 Å². The van der Waals surface area contributed by atoms with E-state index in [1.807, 2.05) is 60.7 Å². The fourth-order valence-corrected chi connectivity index (χ4v) is 4.13. The number of aromatic hydroxyl groups is 1. The van der Waals surface area contributed by atoms with Crippen LogP contribution in [0.25, 0.3) is 0 Å². The summed E-state index contributed by atoms with van der Waals surface area (Å²) in [5.41, 5.74) is 1.55. The Hall–Kier alpha value is -2.43. The summed E-state index contributed by atoms with van der Waals surface area (Å²) in [4.78, 5) is 4.55. The van der Waals surface area contributed by atoms with E-state index in [-0.39, 0.29) is 10.8 Å². The molecule has 0 aliphatic heterocycles. The molecule has 1 heterocycles. The minimum atomic E-state index is -0.953. The number of hydrogen-bond acceptors (Lipinski definition) is 3. The number of pyridine rings is 1. The zero-order valence-corrected chi connectivity index (χ0v) is 16.9. The van der Waals surface area contributed by atoms with Gasteiger partial charge < -0.3 is 9.53 Å². The molecule has 0 spiro atoms. The Morgan fingerprint density at radius 3 is 1.81 bits per heavy atom. The van der Waals surface area contributed by atoms with E-state index in [1.54, 1.807) is 18.3 Å². The van der Waals surface area contributed by atoms with Gasteiger partial charge in [0.1, 0.15) is 11.4 Å². The topological polar surface area (TPSA) is 42.4 Å². The molecule has 4 heteroatoms. The van der Waals surface area contributed by atoms with Crippen LogP contribution in [0.4, 0.5) is 0 Å². The van der Waals surface area contributed by atoms with Gasteiger partial charge in [-0.25, -0.2) is 0 Å². The third-order valence-corrected chi connectivity index (χ3v) is 5.65. The summed E-state index contributed by atoms with van der Waals surface area (Å²) in [5, 5.41) is 10.8. The van der Waals surface area contributed by atoms with Crippen LogP contribution < -0.4 is 0 Å². The van der Waals surface area contributed by atoms with Gasteiger partial charge in [0.25, 0.3) is 0 Å². The first kappa shape index (κ1) is 18.4. The molecule has 0 unspecified atom stereocenters. The second-order valence-electron chi connectivity index (χ2n) is 7.63. The van der Waals surface area contributed by atoms with Crippen molar-refractivity contribution in [3.8, 4) is 5.75 Å². The molecule has 0 saturated heterocycles. The van der Waals surface area contributed by atoms with Gasteiger partial charge in [-0.1, -0.05) is 81.4 Å². The molecule has 2 aromatic carbocycles. The molecule has 0 atom stereocenters. The fraction of sp³-hybridized carbons (Fsp3) is 0.227. The molecule has 0 saturated carbocycles. The molecule has 0 radical (unpaired) electrons. The van der Waals surface area contributed by atoms with Crippen LogP contribution in [0.1, 0.15) is 37.6 Å². The van der Waals surface area contributed by atoms with Crippen molar-refractivity contribution in [2.75, 3.05) is 0 Å². The SMILES string of the molecule is CC(C)(C)[SiH2]OC(c1ccccc1)(c1ccccc1)c1ncccc1O. The highest BCUT2D eigenvalue weighted by Crippen LogP contribution is 2.43. The summed E-state index contributed by atoms with van der Waals surface area (Å²) in [6.07, 6.45) is 1.71. The van der Waals surface area contributed by atoms with Crippen LogP contribution in [0.2, 0.25) is 5.04 Å². The number of nitrogens with zero attached hydrogens (tertiary/aromatic N) is 1. The van der Waals surface area contributed by atoms with Crippen molar-refractivity contribution in [1.29, 1.82) is 0 Å². The second-order valence-corrected chi connectivity index (χ2v) is 10.3. The Kier molecular flexibility index (Phi) is 5.25. The molecule has 0 aliphatic carbocycles. The molecule has 3 rings (SSSR count). The molecule has 3 aromatic rings. The van der Waals surface area contributed by atoms with Gasteiger partial charge in [-0.05, 0) is 28.3 Å². The van der Waals surface area contributed by atoms with Crippen LogP contribution in [0.15, 0.2) is 79.0 Å². The Bertz CT molecular complexity index is 805. The molecule has 1 aromatic heterocycles. The summed E-state index contributed by atoms with van der Waals surface area (Å²) in [6, 6.07) is 23.5. The summed E-state index contributed by atoms with van der Waals surface area (Å²) < 4.78 is 6.75. The molecule has 0 aliphatic rings. The van der Waals surface area contributed by atoms with Crippen molar-refractivity contribution >= 4 is 9.76 Å². The van der Waals surface area contributed by atoms with Crippen molar-refractivity contribution in [3.05, 3.63) is 95.8 Å². The monoisotopic (exact) mass is 363 g/mol. The number of rotatable bonds is 5. The summed E-state index contributed by atoms with van der Waals surface area (Å²) in [5.74, 6) is 0.142. The highest BCUT2D eigenvalue weighted by Gasteiger charge is 2.41. The lowest BCUT2D eigenvalue weighted by molar-refractivity contribution is 0.147. The first-order valence-corrected chi connectivity index (χ1v) is 10.1. The lowest BCUT2D eigenvalue weighted by Crippen LogP contribution is -2.37. The minimum Gasteiger partial charge on any atom is -0.506 e. The molecule has 0 fully saturated rings. The van der Waals surface area contributed by atoms with Gasteiger partial charge in [-0.3, -0.25) is 4.98 Å².